The number of nitriles is 1. The lowest BCUT2D eigenvalue weighted by molar-refractivity contribution is 0.577. The van der Waals surface area contributed by atoms with E-state index in [9.17, 15) is 4.39 Å². The van der Waals surface area contributed by atoms with Gasteiger partial charge >= 0.3 is 0 Å². The zero-order valence-corrected chi connectivity index (χ0v) is 10.8. The van der Waals surface area contributed by atoms with Crippen LogP contribution in [0.15, 0.2) is 18.2 Å². The molecule has 1 rings (SSSR count). The summed E-state index contributed by atoms with van der Waals surface area (Å²) < 4.78 is 13.1. The Labute approximate surface area is 108 Å². The van der Waals surface area contributed by atoms with Gasteiger partial charge in [-0.3, -0.25) is 0 Å². The Kier molecular flexibility index (Phi) is 7.53. The lowest BCUT2D eigenvalue weighted by Crippen LogP contribution is -2.10. The normalized spacial score (nSPS) is 11.4. The molecule has 17 heavy (non-hydrogen) atoms. The van der Waals surface area contributed by atoms with Gasteiger partial charge in [0, 0.05) is 6.04 Å². The first-order chi connectivity index (χ1) is 7.69. The topological polar surface area (TPSA) is 49.8 Å². The summed E-state index contributed by atoms with van der Waals surface area (Å²) in [5.74, 6) is -0.480. The van der Waals surface area contributed by atoms with Crippen LogP contribution in [0.2, 0.25) is 0 Å². The number of halogens is 2. The molecular weight excluding hydrogens is 239 g/mol. The predicted molar refractivity (Wildman–Crippen MR) is 69.4 cm³/mol. The van der Waals surface area contributed by atoms with E-state index in [0.717, 1.165) is 31.2 Å². The Balaban J connectivity index is 0.00000256. The Hall–Kier alpha value is -1.11. The molecule has 1 aromatic carbocycles. The van der Waals surface area contributed by atoms with E-state index in [-0.39, 0.29) is 24.0 Å². The monoisotopic (exact) mass is 256 g/mol. The summed E-state index contributed by atoms with van der Waals surface area (Å²) >= 11 is 0. The number of benzene rings is 1. The van der Waals surface area contributed by atoms with Crippen LogP contribution < -0.4 is 5.73 Å². The SMILES string of the molecule is CCCCC[C@@H](N)c1ccc(F)c(C#N)c1.Cl. The van der Waals surface area contributed by atoms with Crippen molar-refractivity contribution in [2.75, 3.05) is 0 Å². The van der Waals surface area contributed by atoms with Crippen molar-refractivity contribution in [1.29, 1.82) is 5.26 Å². The van der Waals surface area contributed by atoms with Crippen molar-refractivity contribution in [3.8, 4) is 6.07 Å². The largest absolute Gasteiger partial charge is 0.324 e. The second-order valence-corrected chi connectivity index (χ2v) is 3.95. The summed E-state index contributed by atoms with van der Waals surface area (Å²) in [6, 6.07) is 6.25. The minimum Gasteiger partial charge on any atom is -0.324 e. The molecule has 4 heteroatoms. The first-order valence-corrected chi connectivity index (χ1v) is 5.64. The second-order valence-electron chi connectivity index (χ2n) is 3.95. The highest BCUT2D eigenvalue weighted by Gasteiger charge is 2.09. The first-order valence-electron chi connectivity index (χ1n) is 5.64. The molecular formula is C13H18ClFN2. The average Bonchev–Trinajstić information content (AvgIpc) is 2.30. The summed E-state index contributed by atoms with van der Waals surface area (Å²) in [5.41, 5.74) is 6.89. The summed E-state index contributed by atoms with van der Waals surface area (Å²) in [5, 5.41) is 8.71. The molecule has 2 N–H and O–H groups in total. The Morgan fingerprint density at radius 3 is 2.71 bits per heavy atom. The summed E-state index contributed by atoms with van der Waals surface area (Å²) in [4.78, 5) is 0. The van der Waals surface area contributed by atoms with Crippen LogP contribution in [0.5, 0.6) is 0 Å². The van der Waals surface area contributed by atoms with Crippen LogP contribution in [0.3, 0.4) is 0 Å². The van der Waals surface area contributed by atoms with E-state index in [4.69, 9.17) is 11.0 Å². The number of nitrogens with two attached hydrogens (primary N) is 1. The van der Waals surface area contributed by atoms with E-state index in [1.807, 2.05) is 6.07 Å². The quantitative estimate of drug-likeness (QED) is 0.817. The van der Waals surface area contributed by atoms with Crippen molar-refractivity contribution in [3.05, 3.63) is 35.1 Å². The van der Waals surface area contributed by atoms with E-state index >= 15 is 0 Å². The molecule has 1 aromatic rings. The van der Waals surface area contributed by atoms with Gasteiger partial charge in [0.2, 0.25) is 0 Å². The van der Waals surface area contributed by atoms with E-state index in [1.54, 1.807) is 12.1 Å². The molecule has 1 atom stereocenters. The van der Waals surface area contributed by atoms with Gasteiger partial charge < -0.3 is 5.73 Å². The number of unbranched alkanes of at least 4 members (excludes halogenated alkanes) is 2. The highest BCUT2D eigenvalue weighted by molar-refractivity contribution is 5.85. The minimum atomic E-state index is -0.480. The van der Waals surface area contributed by atoms with E-state index in [1.165, 1.54) is 6.07 Å². The Morgan fingerprint density at radius 1 is 1.41 bits per heavy atom. The summed E-state index contributed by atoms with van der Waals surface area (Å²) in [6.45, 7) is 2.14. The fraction of sp³-hybridized carbons (Fsp3) is 0.462. The van der Waals surface area contributed by atoms with Crippen molar-refractivity contribution < 1.29 is 4.39 Å². The number of hydrogen-bond donors (Lipinski definition) is 1. The van der Waals surface area contributed by atoms with Crippen LogP contribution in [0.25, 0.3) is 0 Å². The van der Waals surface area contributed by atoms with Crippen molar-refractivity contribution in [2.24, 2.45) is 5.73 Å². The van der Waals surface area contributed by atoms with E-state index < -0.39 is 5.82 Å². The van der Waals surface area contributed by atoms with Crippen LogP contribution in [-0.4, -0.2) is 0 Å². The van der Waals surface area contributed by atoms with Gasteiger partial charge in [-0.1, -0.05) is 32.3 Å². The molecule has 0 bridgehead atoms. The summed E-state index contributed by atoms with van der Waals surface area (Å²) in [7, 11) is 0. The third-order valence-corrected chi connectivity index (χ3v) is 2.66. The molecule has 0 unspecified atom stereocenters. The lowest BCUT2D eigenvalue weighted by atomic mass is 9.99. The minimum absolute atomic E-state index is 0. The highest BCUT2D eigenvalue weighted by atomic mass is 35.5. The number of hydrogen-bond acceptors (Lipinski definition) is 2. The van der Waals surface area contributed by atoms with Crippen LogP contribution in [0.1, 0.15) is 49.8 Å². The van der Waals surface area contributed by atoms with Crippen molar-refractivity contribution in [1.82, 2.24) is 0 Å². The Bertz CT molecular complexity index is 387. The molecule has 0 aliphatic heterocycles. The third-order valence-electron chi connectivity index (χ3n) is 2.66. The molecule has 0 radical (unpaired) electrons. The van der Waals surface area contributed by atoms with Crippen molar-refractivity contribution in [2.45, 2.75) is 38.6 Å². The molecule has 0 saturated carbocycles. The van der Waals surface area contributed by atoms with Crippen LogP contribution >= 0.6 is 12.4 Å². The fourth-order valence-electron chi connectivity index (χ4n) is 1.64. The molecule has 0 aromatic heterocycles. The van der Waals surface area contributed by atoms with Crippen LogP contribution in [0.4, 0.5) is 4.39 Å². The van der Waals surface area contributed by atoms with Gasteiger partial charge in [-0.2, -0.15) is 5.26 Å². The van der Waals surface area contributed by atoms with Gasteiger partial charge in [0.25, 0.3) is 0 Å². The van der Waals surface area contributed by atoms with E-state index in [2.05, 4.69) is 6.92 Å². The van der Waals surface area contributed by atoms with Gasteiger partial charge in [0.15, 0.2) is 0 Å². The van der Waals surface area contributed by atoms with E-state index in [0.29, 0.717) is 0 Å². The van der Waals surface area contributed by atoms with Crippen LogP contribution in [-0.2, 0) is 0 Å². The molecule has 2 nitrogen and oxygen atoms in total. The molecule has 0 amide bonds. The van der Waals surface area contributed by atoms with Crippen molar-refractivity contribution >= 4 is 12.4 Å². The van der Waals surface area contributed by atoms with Gasteiger partial charge in [-0.25, -0.2) is 4.39 Å². The van der Waals surface area contributed by atoms with Gasteiger partial charge in [-0.05, 0) is 24.1 Å². The summed E-state index contributed by atoms with van der Waals surface area (Å²) in [6.07, 6.45) is 4.25. The maximum Gasteiger partial charge on any atom is 0.140 e. The zero-order chi connectivity index (χ0) is 12.0. The van der Waals surface area contributed by atoms with Crippen LogP contribution in [0, 0.1) is 17.1 Å². The molecule has 0 spiro atoms. The lowest BCUT2D eigenvalue weighted by Gasteiger charge is -2.12. The third kappa shape index (κ3) is 4.72. The van der Waals surface area contributed by atoms with Gasteiger partial charge in [0.05, 0.1) is 5.56 Å². The molecule has 0 aliphatic rings. The zero-order valence-electron chi connectivity index (χ0n) is 9.95. The highest BCUT2D eigenvalue weighted by Crippen LogP contribution is 2.19. The van der Waals surface area contributed by atoms with Gasteiger partial charge in [-0.15, -0.1) is 12.4 Å². The number of nitrogens with zero attached hydrogens (tertiary/aromatic N) is 1. The molecule has 0 fully saturated rings. The number of rotatable bonds is 5. The molecule has 0 heterocycles. The first kappa shape index (κ1) is 15.9. The maximum absolute atomic E-state index is 13.1. The van der Waals surface area contributed by atoms with Crippen molar-refractivity contribution in [3.63, 3.8) is 0 Å². The fourth-order valence-corrected chi connectivity index (χ4v) is 1.64. The van der Waals surface area contributed by atoms with Gasteiger partial charge in [0.1, 0.15) is 11.9 Å². The predicted octanol–water partition coefficient (Wildman–Crippen LogP) is 3.70. The average molecular weight is 257 g/mol. The second kappa shape index (κ2) is 8.05. The molecule has 94 valence electrons. The standard InChI is InChI=1S/C13H17FN2.ClH/c1-2-3-4-5-13(16)10-6-7-12(14)11(8-10)9-15;/h6-8,13H,2-5,16H2,1H3;1H/t13-;/m1./s1. The maximum atomic E-state index is 13.1. The smallest absolute Gasteiger partial charge is 0.140 e. The Morgan fingerprint density at radius 2 is 2.12 bits per heavy atom. The molecule has 0 saturated heterocycles. The molecule has 0 aliphatic carbocycles.